The number of fused-ring (bicyclic) bond motifs is 3. The molecule has 0 spiro atoms. The van der Waals surface area contributed by atoms with Crippen LogP contribution in [0.5, 0.6) is 0 Å². The Balaban J connectivity index is 1.04. The predicted molar refractivity (Wildman–Crippen MR) is 179 cm³/mol. The summed E-state index contributed by atoms with van der Waals surface area (Å²) in [5.41, 5.74) is 6.44. The fraction of sp³-hybridized carbons (Fsp3) is 0.429. The van der Waals surface area contributed by atoms with Crippen LogP contribution in [0.3, 0.4) is 0 Å². The van der Waals surface area contributed by atoms with Gasteiger partial charge in [0.1, 0.15) is 23.0 Å². The molecule has 244 valence electrons. The van der Waals surface area contributed by atoms with Crippen LogP contribution in [0, 0.1) is 0 Å². The molecule has 0 radical (unpaired) electrons. The molecule has 4 aromatic rings. The van der Waals surface area contributed by atoms with E-state index >= 15 is 0 Å². The second-order valence-electron chi connectivity index (χ2n) is 12.9. The van der Waals surface area contributed by atoms with E-state index in [0.29, 0.717) is 53.3 Å². The van der Waals surface area contributed by atoms with Crippen molar-refractivity contribution in [3.05, 3.63) is 81.8 Å². The van der Waals surface area contributed by atoms with Crippen molar-refractivity contribution in [3.63, 3.8) is 0 Å². The zero-order chi connectivity index (χ0) is 32.1. The molecular weight excluding hydrogens is 596 g/mol. The normalized spacial score (nSPS) is 18.6. The number of amides is 1. The quantitative estimate of drug-likeness (QED) is 0.316. The van der Waals surface area contributed by atoms with Gasteiger partial charge in [0, 0.05) is 75.5 Å². The number of carbonyl (C=O) groups is 1. The Morgan fingerprint density at radius 3 is 2.55 bits per heavy atom. The third kappa shape index (κ3) is 5.39. The molecule has 0 bridgehead atoms. The van der Waals surface area contributed by atoms with Crippen LogP contribution in [0.4, 0.5) is 23.0 Å². The molecule has 0 saturated carbocycles. The summed E-state index contributed by atoms with van der Waals surface area (Å²) in [4.78, 5) is 42.8. The molecule has 12 nitrogen and oxygen atoms in total. The number of hydrogen-bond acceptors (Lipinski definition) is 9. The molecule has 2 N–H and O–H groups in total. The van der Waals surface area contributed by atoms with E-state index < -0.39 is 0 Å². The largest absolute Gasteiger partial charge is 0.392 e. The van der Waals surface area contributed by atoms with Gasteiger partial charge >= 0.3 is 0 Å². The predicted octanol–water partition coefficient (Wildman–Crippen LogP) is 2.94. The van der Waals surface area contributed by atoms with Gasteiger partial charge in [-0.1, -0.05) is 0 Å². The first-order chi connectivity index (χ1) is 23.0. The highest BCUT2D eigenvalue weighted by Gasteiger charge is 2.33. The third-order valence-corrected chi connectivity index (χ3v) is 10.2. The van der Waals surface area contributed by atoms with E-state index in [2.05, 4.69) is 29.7 Å². The van der Waals surface area contributed by atoms with Crippen LogP contribution in [-0.4, -0.2) is 87.0 Å². The zero-order valence-corrected chi connectivity index (χ0v) is 26.7. The number of nitrogens with zero attached hydrogens (tertiary/aromatic N) is 7. The minimum absolute atomic E-state index is 0.0998. The number of pyridine rings is 3. The maximum absolute atomic E-state index is 13.8. The Labute approximate surface area is 273 Å². The summed E-state index contributed by atoms with van der Waals surface area (Å²) >= 11 is 0. The maximum Gasteiger partial charge on any atom is 0.276 e. The first-order valence-corrected chi connectivity index (χ1v) is 16.6. The second-order valence-corrected chi connectivity index (χ2v) is 12.9. The first kappa shape index (κ1) is 29.9. The van der Waals surface area contributed by atoms with Gasteiger partial charge in [0.2, 0.25) is 0 Å². The molecular formula is C35H40N8O4. The van der Waals surface area contributed by atoms with Crippen LogP contribution in [0.1, 0.15) is 40.2 Å². The Bertz CT molecular complexity index is 1870. The van der Waals surface area contributed by atoms with Gasteiger partial charge in [-0.25, -0.2) is 9.97 Å². The summed E-state index contributed by atoms with van der Waals surface area (Å²) in [5, 5.41) is 13.9. The smallest absolute Gasteiger partial charge is 0.276 e. The Hall–Kier alpha value is -4.52. The number of hydrogen-bond donors (Lipinski definition) is 2. The van der Waals surface area contributed by atoms with Gasteiger partial charge in [0.25, 0.3) is 11.5 Å². The van der Waals surface area contributed by atoms with Gasteiger partial charge in [-0.05, 0) is 67.1 Å². The number of aliphatic hydroxyl groups excluding tert-OH is 1. The molecule has 3 aliphatic heterocycles. The molecule has 8 rings (SSSR count). The van der Waals surface area contributed by atoms with Crippen molar-refractivity contribution in [3.8, 4) is 11.1 Å². The van der Waals surface area contributed by atoms with Crippen molar-refractivity contribution in [2.75, 3.05) is 61.1 Å². The lowest BCUT2D eigenvalue weighted by Crippen LogP contribution is -2.56. The fourth-order valence-electron chi connectivity index (χ4n) is 7.49. The Morgan fingerprint density at radius 1 is 0.979 bits per heavy atom. The topological polar surface area (TPSA) is 121 Å². The first-order valence-electron chi connectivity index (χ1n) is 16.6. The van der Waals surface area contributed by atoms with Gasteiger partial charge in [0.05, 0.1) is 37.7 Å². The summed E-state index contributed by atoms with van der Waals surface area (Å²) in [6, 6.07) is 10.1. The number of rotatable bonds is 7. The number of carbonyl (C=O) groups excluding carboxylic acids is 1. The number of aromatic nitrogens is 4. The Morgan fingerprint density at radius 2 is 1.81 bits per heavy atom. The molecule has 0 unspecified atom stereocenters. The van der Waals surface area contributed by atoms with Crippen molar-refractivity contribution in [1.82, 2.24) is 24.0 Å². The average Bonchev–Trinajstić information content (AvgIpc) is 3.46. The molecule has 1 aliphatic carbocycles. The molecule has 0 atom stereocenters. The van der Waals surface area contributed by atoms with E-state index in [9.17, 15) is 14.7 Å². The summed E-state index contributed by atoms with van der Waals surface area (Å²) in [6.07, 6.45) is 9.58. The van der Waals surface area contributed by atoms with Crippen molar-refractivity contribution in [2.24, 2.45) is 7.05 Å². The van der Waals surface area contributed by atoms with Crippen LogP contribution < -0.4 is 20.7 Å². The Kier molecular flexibility index (Phi) is 7.78. The number of aryl methyl sites for hydroxylation is 2. The van der Waals surface area contributed by atoms with Crippen molar-refractivity contribution < 1.29 is 14.6 Å². The summed E-state index contributed by atoms with van der Waals surface area (Å²) in [7, 11) is 1.70. The molecule has 0 aromatic carbocycles. The van der Waals surface area contributed by atoms with Gasteiger partial charge in [-0.2, -0.15) is 0 Å². The number of piperazine rings is 1. The van der Waals surface area contributed by atoms with Crippen molar-refractivity contribution >= 4 is 28.9 Å². The van der Waals surface area contributed by atoms with Crippen LogP contribution in [0.2, 0.25) is 0 Å². The van der Waals surface area contributed by atoms with E-state index in [1.165, 1.54) is 15.8 Å². The lowest BCUT2D eigenvalue weighted by atomic mass is 9.98. The van der Waals surface area contributed by atoms with E-state index in [1.807, 2.05) is 30.5 Å². The molecule has 2 fully saturated rings. The van der Waals surface area contributed by atoms with E-state index in [1.54, 1.807) is 30.4 Å². The lowest BCUT2D eigenvalue weighted by Gasteiger charge is -2.43. The molecule has 7 heterocycles. The highest BCUT2D eigenvalue weighted by Crippen LogP contribution is 2.34. The van der Waals surface area contributed by atoms with Gasteiger partial charge in [-0.15, -0.1) is 0 Å². The van der Waals surface area contributed by atoms with E-state index in [0.717, 1.165) is 76.3 Å². The summed E-state index contributed by atoms with van der Waals surface area (Å²) < 4.78 is 9.04. The molecule has 12 heteroatoms. The monoisotopic (exact) mass is 636 g/mol. The van der Waals surface area contributed by atoms with Gasteiger partial charge in [-0.3, -0.25) is 19.4 Å². The number of aliphatic hydroxyl groups is 1. The second kappa shape index (κ2) is 12.3. The van der Waals surface area contributed by atoms with Crippen LogP contribution in [0.25, 0.3) is 11.1 Å². The number of nitrogens with one attached hydrogen (secondary N) is 1. The molecule has 4 aromatic heterocycles. The summed E-state index contributed by atoms with van der Waals surface area (Å²) in [5.74, 6) is 0.913. The minimum atomic E-state index is -0.308. The van der Waals surface area contributed by atoms with Crippen LogP contribution in [0.15, 0.2) is 53.7 Å². The molecule has 4 aliphatic rings. The molecule has 47 heavy (non-hydrogen) atoms. The van der Waals surface area contributed by atoms with E-state index in [-0.39, 0.29) is 18.1 Å². The summed E-state index contributed by atoms with van der Waals surface area (Å²) in [6.45, 7) is 6.41. The third-order valence-electron chi connectivity index (χ3n) is 10.2. The molecule has 2 saturated heterocycles. The van der Waals surface area contributed by atoms with Crippen LogP contribution in [-0.2, 0) is 37.8 Å². The number of ether oxygens (including phenoxy) is 1. The lowest BCUT2D eigenvalue weighted by molar-refractivity contribution is -0.0660. The van der Waals surface area contributed by atoms with Crippen molar-refractivity contribution in [1.29, 1.82) is 0 Å². The van der Waals surface area contributed by atoms with Crippen LogP contribution >= 0.6 is 0 Å². The SMILES string of the molecule is Cn1cc(-c2ccnc(N3CCn4c(cc5c4CCCC5)C3=O)c2CO)cc(Nc2ccc(N3CCN(C4COC4)CC3)cn2)c1=O. The zero-order valence-electron chi connectivity index (χ0n) is 26.7. The fourth-order valence-corrected chi connectivity index (χ4v) is 7.49. The highest BCUT2D eigenvalue weighted by atomic mass is 16.5. The number of anilines is 4. The molecule has 1 amide bonds. The van der Waals surface area contributed by atoms with E-state index in [4.69, 9.17) is 4.74 Å². The minimum Gasteiger partial charge on any atom is -0.392 e. The standard InChI is InChI=1S/C35H40N8O4/c1-39-19-24(16-29(34(39)45)38-32-7-6-25(18-37-32)40-10-12-41(13-11-40)26-21-47-22-26)27-8-9-36-33(28(27)20-44)43-15-14-42-30-5-3-2-4-23(30)17-31(42)35(43)46/h6-9,16-19,26,44H,2-5,10-15,20-22H2,1H3,(H,37,38). The highest BCUT2D eigenvalue weighted by molar-refractivity contribution is 6.06. The average molecular weight is 637 g/mol. The van der Waals surface area contributed by atoms with Gasteiger partial charge < -0.3 is 29.2 Å². The van der Waals surface area contributed by atoms with Crippen molar-refractivity contribution in [2.45, 2.75) is 44.9 Å². The van der Waals surface area contributed by atoms with Gasteiger partial charge in [0.15, 0.2) is 0 Å². The maximum atomic E-state index is 13.8.